The van der Waals surface area contributed by atoms with Crippen LogP contribution in [0.15, 0.2) is 40.6 Å². The highest BCUT2D eigenvalue weighted by Gasteiger charge is 2.01. The van der Waals surface area contributed by atoms with Crippen LogP contribution in [0.3, 0.4) is 0 Å². The lowest BCUT2D eigenvalue weighted by atomic mass is 10.2. The highest BCUT2D eigenvalue weighted by Crippen LogP contribution is 2.20. The molecule has 18 heavy (non-hydrogen) atoms. The Balaban J connectivity index is 2.94. The van der Waals surface area contributed by atoms with Crippen molar-refractivity contribution in [1.29, 1.82) is 0 Å². The standard InChI is InChI=1S/C13H18N4O/c1-9-6-11(8-12(7-9)18-5)17-13(15-4)16-10(2)14-3/h6-8,14H,2,4H2,1,3,5H3,(H,16,17). The van der Waals surface area contributed by atoms with Gasteiger partial charge in [-0.3, -0.25) is 0 Å². The van der Waals surface area contributed by atoms with Gasteiger partial charge in [0, 0.05) is 18.8 Å². The van der Waals surface area contributed by atoms with E-state index in [4.69, 9.17) is 4.74 Å². The first kappa shape index (κ1) is 13.8. The van der Waals surface area contributed by atoms with Crippen molar-refractivity contribution in [2.75, 3.05) is 19.5 Å². The molecule has 0 atom stereocenters. The van der Waals surface area contributed by atoms with E-state index in [9.17, 15) is 0 Å². The van der Waals surface area contributed by atoms with Crippen molar-refractivity contribution in [3.63, 3.8) is 0 Å². The van der Waals surface area contributed by atoms with E-state index >= 15 is 0 Å². The summed E-state index contributed by atoms with van der Waals surface area (Å²) in [5.41, 5.74) is 1.91. The molecular weight excluding hydrogens is 228 g/mol. The molecule has 0 unspecified atom stereocenters. The van der Waals surface area contributed by atoms with Gasteiger partial charge >= 0.3 is 0 Å². The van der Waals surface area contributed by atoms with Crippen molar-refractivity contribution in [2.24, 2.45) is 9.98 Å². The first-order valence-electron chi connectivity index (χ1n) is 5.44. The molecule has 0 saturated carbocycles. The minimum atomic E-state index is 0.377. The molecule has 0 spiro atoms. The number of ether oxygens (including phenoxy) is 1. The molecule has 0 aromatic heterocycles. The van der Waals surface area contributed by atoms with E-state index in [2.05, 4.69) is 33.9 Å². The number of rotatable bonds is 4. The number of guanidine groups is 1. The second kappa shape index (κ2) is 6.44. The third-order valence-corrected chi connectivity index (χ3v) is 2.22. The summed E-state index contributed by atoms with van der Waals surface area (Å²) < 4.78 is 5.20. The molecule has 1 aromatic rings. The topological polar surface area (TPSA) is 58.0 Å². The Morgan fingerprint density at radius 1 is 1.33 bits per heavy atom. The fraction of sp³-hybridized carbons (Fsp3) is 0.231. The number of methoxy groups -OCH3 is 1. The van der Waals surface area contributed by atoms with Crippen LogP contribution in [0, 0.1) is 6.92 Å². The number of hydrogen-bond acceptors (Lipinski definition) is 3. The summed E-state index contributed by atoms with van der Waals surface area (Å²) in [6, 6.07) is 5.76. The molecule has 0 bridgehead atoms. The van der Waals surface area contributed by atoms with Crippen LogP contribution in [0.5, 0.6) is 5.75 Å². The zero-order valence-electron chi connectivity index (χ0n) is 10.9. The molecule has 0 saturated heterocycles. The van der Waals surface area contributed by atoms with Gasteiger partial charge in [-0.25, -0.2) is 4.99 Å². The van der Waals surface area contributed by atoms with Crippen molar-refractivity contribution < 1.29 is 4.74 Å². The maximum atomic E-state index is 5.20. The number of nitrogens with one attached hydrogen (secondary N) is 2. The van der Waals surface area contributed by atoms with Crippen molar-refractivity contribution in [3.05, 3.63) is 36.2 Å². The quantitative estimate of drug-likeness (QED) is 0.632. The van der Waals surface area contributed by atoms with Gasteiger partial charge in [0.15, 0.2) is 0 Å². The molecule has 96 valence electrons. The van der Waals surface area contributed by atoms with Crippen molar-refractivity contribution in [3.8, 4) is 5.75 Å². The second-order valence-electron chi connectivity index (χ2n) is 3.65. The monoisotopic (exact) mass is 246 g/mol. The van der Waals surface area contributed by atoms with E-state index in [0.717, 1.165) is 17.0 Å². The maximum absolute atomic E-state index is 5.20. The van der Waals surface area contributed by atoms with Gasteiger partial charge in [0.1, 0.15) is 11.6 Å². The Morgan fingerprint density at radius 3 is 2.61 bits per heavy atom. The summed E-state index contributed by atoms with van der Waals surface area (Å²) in [6.45, 7) is 9.15. The van der Waals surface area contributed by atoms with E-state index < -0.39 is 0 Å². The minimum Gasteiger partial charge on any atom is -0.497 e. The number of anilines is 1. The number of nitrogens with zero attached hydrogens (tertiary/aromatic N) is 2. The van der Waals surface area contributed by atoms with E-state index in [1.807, 2.05) is 25.1 Å². The third kappa shape index (κ3) is 3.93. The molecule has 0 aliphatic heterocycles. The normalized spacial score (nSPS) is 10.7. The SMILES string of the molecule is C=N/C(=N\C(=C)NC)Nc1cc(C)cc(OC)c1. The predicted octanol–water partition coefficient (Wildman–Crippen LogP) is 2.16. The van der Waals surface area contributed by atoms with Crippen LogP contribution in [0.4, 0.5) is 5.69 Å². The highest BCUT2D eigenvalue weighted by molar-refractivity contribution is 5.97. The number of benzene rings is 1. The summed E-state index contributed by atoms with van der Waals surface area (Å²) >= 11 is 0. The molecule has 5 nitrogen and oxygen atoms in total. The summed E-state index contributed by atoms with van der Waals surface area (Å²) in [7, 11) is 3.37. The van der Waals surface area contributed by atoms with Crippen LogP contribution >= 0.6 is 0 Å². The molecule has 1 rings (SSSR count). The number of aliphatic imine (C=N–C) groups is 2. The van der Waals surface area contributed by atoms with Gasteiger partial charge in [0.25, 0.3) is 0 Å². The minimum absolute atomic E-state index is 0.377. The summed E-state index contributed by atoms with van der Waals surface area (Å²) in [5, 5.41) is 5.86. The van der Waals surface area contributed by atoms with Crippen LogP contribution in [0.25, 0.3) is 0 Å². The average Bonchev–Trinajstić information content (AvgIpc) is 2.36. The van der Waals surface area contributed by atoms with Crippen LogP contribution in [0.2, 0.25) is 0 Å². The molecular formula is C13H18N4O. The number of hydrogen-bond donors (Lipinski definition) is 2. The fourth-order valence-corrected chi connectivity index (χ4v) is 1.35. The van der Waals surface area contributed by atoms with Crippen molar-refractivity contribution in [1.82, 2.24) is 5.32 Å². The fourth-order valence-electron chi connectivity index (χ4n) is 1.35. The first-order chi connectivity index (χ1) is 8.58. The van der Waals surface area contributed by atoms with Gasteiger partial charge in [0.05, 0.1) is 7.11 Å². The highest BCUT2D eigenvalue weighted by atomic mass is 16.5. The van der Waals surface area contributed by atoms with Gasteiger partial charge in [0.2, 0.25) is 5.96 Å². The summed E-state index contributed by atoms with van der Waals surface area (Å²) in [6.07, 6.45) is 0. The van der Waals surface area contributed by atoms with E-state index in [-0.39, 0.29) is 0 Å². The molecule has 0 aliphatic carbocycles. The lowest BCUT2D eigenvalue weighted by molar-refractivity contribution is 0.414. The Hall–Kier alpha value is -2.30. The first-order valence-corrected chi connectivity index (χ1v) is 5.44. The molecule has 0 fully saturated rings. The molecule has 0 aliphatic rings. The smallest absolute Gasteiger partial charge is 0.228 e. The van der Waals surface area contributed by atoms with Gasteiger partial charge in [-0.2, -0.15) is 4.99 Å². The van der Waals surface area contributed by atoms with Crippen LogP contribution in [-0.4, -0.2) is 26.8 Å². The van der Waals surface area contributed by atoms with E-state index in [1.165, 1.54) is 0 Å². The second-order valence-corrected chi connectivity index (χ2v) is 3.65. The molecule has 2 N–H and O–H groups in total. The average molecular weight is 246 g/mol. The van der Waals surface area contributed by atoms with Gasteiger partial charge < -0.3 is 15.4 Å². The van der Waals surface area contributed by atoms with Gasteiger partial charge in [-0.15, -0.1) is 0 Å². The molecule has 0 radical (unpaired) electrons. The van der Waals surface area contributed by atoms with Crippen molar-refractivity contribution >= 4 is 18.4 Å². The summed E-state index contributed by atoms with van der Waals surface area (Å²) in [4.78, 5) is 7.93. The lowest BCUT2D eigenvalue weighted by Crippen LogP contribution is -2.12. The van der Waals surface area contributed by atoms with Gasteiger partial charge in [-0.05, 0) is 31.3 Å². The molecule has 1 aromatic carbocycles. The molecule has 0 amide bonds. The third-order valence-electron chi connectivity index (χ3n) is 2.22. The maximum Gasteiger partial charge on any atom is 0.228 e. The van der Waals surface area contributed by atoms with Crippen LogP contribution < -0.4 is 15.4 Å². The van der Waals surface area contributed by atoms with Crippen LogP contribution in [-0.2, 0) is 0 Å². The molecule has 5 heteroatoms. The molecule has 0 heterocycles. The summed E-state index contributed by atoms with van der Waals surface area (Å²) in [5.74, 6) is 1.65. The largest absolute Gasteiger partial charge is 0.497 e. The Morgan fingerprint density at radius 2 is 2.06 bits per heavy atom. The number of aryl methyl sites for hydroxylation is 1. The van der Waals surface area contributed by atoms with Crippen molar-refractivity contribution in [2.45, 2.75) is 6.92 Å². The Kier molecular flexibility index (Phi) is 4.92. The van der Waals surface area contributed by atoms with Gasteiger partial charge in [-0.1, -0.05) is 6.58 Å². The predicted molar refractivity (Wildman–Crippen MR) is 76.5 cm³/mol. The zero-order valence-corrected chi connectivity index (χ0v) is 10.9. The lowest BCUT2D eigenvalue weighted by Gasteiger charge is -2.09. The Bertz CT molecular complexity index is 480. The zero-order chi connectivity index (χ0) is 13.5. The van der Waals surface area contributed by atoms with E-state index in [0.29, 0.717) is 11.8 Å². The Labute approximate surface area is 107 Å². The van der Waals surface area contributed by atoms with Crippen LogP contribution in [0.1, 0.15) is 5.56 Å². The van der Waals surface area contributed by atoms with E-state index in [1.54, 1.807) is 14.2 Å².